The van der Waals surface area contributed by atoms with Crippen molar-refractivity contribution in [2.24, 2.45) is 0 Å². The summed E-state index contributed by atoms with van der Waals surface area (Å²) in [6, 6.07) is 5.24. The fraction of sp³-hybridized carbons (Fsp3) is 0.308. The lowest BCUT2D eigenvalue weighted by molar-refractivity contribution is -0.140. The highest BCUT2D eigenvalue weighted by molar-refractivity contribution is 5.73. The molecule has 94 valence electrons. The van der Waals surface area contributed by atoms with E-state index in [0.29, 0.717) is 5.69 Å². The van der Waals surface area contributed by atoms with E-state index < -0.39 is 12.0 Å². The van der Waals surface area contributed by atoms with Crippen molar-refractivity contribution in [2.45, 2.75) is 26.8 Å². The monoisotopic (exact) mass is 245 g/mol. The molecule has 2 aromatic rings. The second kappa shape index (κ2) is 4.60. The van der Waals surface area contributed by atoms with E-state index >= 15 is 0 Å². The van der Waals surface area contributed by atoms with E-state index in [9.17, 15) is 4.79 Å². The van der Waals surface area contributed by atoms with Crippen molar-refractivity contribution in [3.8, 4) is 11.3 Å². The van der Waals surface area contributed by atoms with Gasteiger partial charge in [-0.2, -0.15) is 0 Å². The van der Waals surface area contributed by atoms with E-state index in [1.165, 1.54) is 10.2 Å². The maximum atomic E-state index is 11.0. The molecule has 0 spiro atoms. The van der Waals surface area contributed by atoms with Crippen LogP contribution in [-0.2, 0) is 4.79 Å². The van der Waals surface area contributed by atoms with E-state index in [1.807, 2.05) is 32.0 Å². The van der Waals surface area contributed by atoms with Gasteiger partial charge in [0.2, 0.25) is 0 Å². The summed E-state index contributed by atoms with van der Waals surface area (Å²) in [5, 5.41) is 16.7. The predicted molar refractivity (Wildman–Crippen MR) is 67.3 cm³/mol. The van der Waals surface area contributed by atoms with Gasteiger partial charge in [0.05, 0.1) is 11.9 Å². The molecule has 0 fully saturated rings. The van der Waals surface area contributed by atoms with E-state index in [-0.39, 0.29) is 0 Å². The van der Waals surface area contributed by atoms with Crippen molar-refractivity contribution in [1.82, 2.24) is 15.0 Å². The van der Waals surface area contributed by atoms with Crippen LogP contribution in [0.1, 0.15) is 24.1 Å². The third kappa shape index (κ3) is 2.11. The second-order valence-electron chi connectivity index (χ2n) is 4.38. The Bertz CT molecular complexity index is 590. The van der Waals surface area contributed by atoms with Gasteiger partial charge in [0.25, 0.3) is 0 Å². The lowest BCUT2D eigenvalue weighted by Crippen LogP contribution is -2.17. The van der Waals surface area contributed by atoms with Crippen molar-refractivity contribution < 1.29 is 9.90 Å². The third-order valence-electron chi connectivity index (χ3n) is 3.10. The molecule has 18 heavy (non-hydrogen) atoms. The molecule has 1 N–H and O–H groups in total. The number of carboxylic acid groups (broad SMARTS) is 1. The highest BCUT2D eigenvalue weighted by Gasteiger charge is 2.18. The SMILES string of the molecule is Cc1ccc(-c2cnnn2C(C)C(=O)O)cc1C. The molecule has 0 amide bonds. The van der Waals surface area contributed by atoms with Crippen LogP contribution >= 0.6 is 0 Å². The van der Waals surface area contributed by atoms with Gasteiger partial charge < -0.3 is 5.11 Å². The summed E-state index contributed by atoms with van der Waals surface area (Å²) in [5.74, 6) is -0.925. The number of carboxylic acids is 1. The van der Waals surface area contributed by atoms with Crippen molar-refractivity contribution in [3.05, 3.63) is 35.5 Å². The Labute approximate surface area is 105 Å². The minimum Gasteiger partial charge on any atom is -0.480 e. The topological polar surface area (TPSA) is 68.0 Å². The smallest absolute Gasteiger partial charge is 0.328 e. The van der Waals surface area contributed by atoms with Crippen molar-refractivity contribution in [2.75, 3.05) is 0 Å². The molecule has 0 saturated heterocycles. The second-order valence-corrected chi connectivity index (χ2v) is 4.38. The zero-order chi connectivity index (χ0) is 13.3. The number of benzene rings is 1. The van der Waals surface area contributed by atoms with Crippen LogP contribution in [0.2, 0.25) is 0 Å². The van der Waals surface area contributed by atoms with E-state index in [1.54, 1.807) is 13.1 Å². The van der Waals surface area contributed by atoms with Crippen molar-refractivity contribution in [1.29, 1.82) is 0 Å². The fourth-order valence-electron chi connectivity index (χ4n) is 1.74. The molecule has 0 saturated carbocycles. The maximum absolute atomic E-state index is 11.0. The predicted octanol–water partition coefficient (Wildman–Crippen LogP) is 2.21. The number of hydrogen-bond donors (Lipinski definition) is 1. The Morgan fingerprint density at radius 1 is 1.33 bits per heavy atom. The number of nitrogens with zero attached hydrogens (tertiary/aromatic N) is 3. The molecule has 0 aliphatic carbocycles. The molecule has 0 aliphatic heterocycles. The maximum Gasteiger partial charge on any atom is 0.328 e. The Morgan fingerprint density at radius 2 is 2.06 bits per heavy atom. The quantitative estimate of drug-likeness (QED) is 0.900. The number of hydrogen-bond acceptors (Lipinski definition) is 3. The molecule has 5 nitrogen and oxygen atoms in total. The van der Waals surface area contributed by atoms with Crippen LogP contribution in [0.4, 0.5) is 0 Å². The lowest BCUT2D eigenvalue weighted by Gasteiger charge is -2.11. The van der Waals surface area contributed by atoms with Gasteiger partial charge in [0, 0.05) is 5.56 Å². The molecule has 1 atom stereocenters. The average molecular weight is 245 g/mol. The number of aryl methyl sites for hydroxylation is 2. The number of aliphatic carboxylic acids is 1. The van der Waals surface area contributed by atoms with Gasteiger partial charge in [-0.1, -0.05) is 17.3 Å². The minimum absolute atomic E-state index is 0.716. The standard InChI is InChI=1S/C13H15N3O2/c1-8-4-5-11(6-9(8)2)12-7-14-15-16(12)10(3)13(17)18/h4-7,10H,1-3H3,(H,17,18). The van der Waals surface area contributed by atoms with Gasteiger partial charge in [0.1, 0.15) is 6.04 Å². The average Bonchev–Trinajstić information content (AvgIpc) is 2.80. The molecular weight excluding hydrogens is 230 g/mol. The first kappa shape index (κ1) is 12.3. The Hall–Kier alpha value is -2.17. The van der Waals surface area contributed by atoms with Gasteiger partial charge in [-0.25, -0.2) is 9.48 Å². The highest BCUT2D eigenvalue weighted by atomic mass is 16.4. The fourth-order valence-corrected chi connectivity index (χ4v) is 1.74. The molecule has 2 rings (SSSR count). The Kier molecular flexibility index (Phi) is 3.14. The van der Waals surface area contributed by atoms with Gasteiger partial charge in [-0.3, -0.25) is 0 Å². The molecule has 5 heteroatoms. The van der Waals surface area contributed by atoms with E-state index in [2.05, 4.69) is 10.3 Å². The number of aromatic nitrogens is 3. The summed E-state index contributed by atoms with van der Waals surface area (Å²) in [7, 11) is 0. The summed E-state index contributed by atoms with van der Waals surface area (Å²) < 4.78 is 1.42. The van der Waals surface area contributed by atoms with Gasteiger partial charge >= 0.3 is 5.97 Å². The zero-order valence-corrected chi connectivity index (χ0v) is 10.6. The number of rotatable bonds is 3. The summed E-state index contributed by atoms with van der Waals surface area (Å²) in [5.41, 5.74) is 4.00. The zero-order valence-electron chi connectivity index (χ0n) is 10.6. The molecule has 1 aromatic carbocycles. The summed E-state index contributed by atoms with van der Waals surface area (Å²) in [4.78, 5) is 11.0. The van der Waals surface area contributed by atoms with Crippen LogP contribution in [0.25, 0.3) is 11.3 Å². The lowest BCUT2D eigenvalue weighted by atomic mass is 10.0. The highest BCUT2D eigenvalue weighted by Crippen LogP contribution is 2.23. The molecule has 1 unspecified atom stereocenters. The van der Waals surface area contributed by atoms with Gasteiger partial charge in [0.15, 0.2) is 0 Å². The first-order valence-corrected chi connectivity index (χ1v) is 5.71. The largest absolute Gasteiger partial charge is 0.480 e. The first-order valence-electron chi connectivity index (χ1n) is 5.71. The summed E-state index contributed by atoms with van der Waals surface area (Å²) in [6.07, 6.45) is 1.59. The third-order valence-corrected chi connectivity index (χ3v) is 3.10. The minimum atomic E-state index is -0.925. The van der Waals surface area contributed by atoms with Crippen molar-refractivity contribution in [3.63, 3.8) is 0 Å². The van der Waals surface area contributed by atoms with E-state index in [0.717, 1.165) is 11.1 Å². The molecule has 1 aromatic heterocycles. The normalized spacial score (nSPS) is 12.4. The van der Waals surface area contributed by atoms with E-state index in [4.69, 9.17) is 5.11 Å². The van der Waals surface area contributed by atoms with Crippen LogP contribution in [0.3, 0.4) is 0 Å². The van der Waals surface area contributed by atoms with Crippen LogP contribution < -0.4 is 0 Å². The molecule has 0 bridgehead atoms. The van der Waals surface area contributed by atoms with Crippen molar-refractivity contribution >= 4 is 5.97 Å². The Morgan fingerprint density at radius 3 is 2.67 bits per heavy atom. The van der Waals surface area contributed by atoms with Crippen LogP contribution in [0.5, 0.6) is 0 Å². The van der Waals surface area contributed by atoms with Gasteiger partial charge in [-0.15, -0.1) is 5.10 Å². The number of carbonyl (C=O) groups is 1. The van der Waals surface area contributed by atoms with Crippen LogP contribution in [-0.4, -0.2) is 26.1 Å². The van der Waals surface area contributed by atoms with Crippen LogP contribution in [0.15, 0.2) is 24.4 Å². The summed E-state index contributed by atoms with van der Waals surface area (Å²) >= 11 is 0. The summed E-state index contributed by atoms with van der Waals surface area (Å²) in [6.45, 7) is 5.64. The molecular formula is C13H15N3O2. The molecule has 1 heterocycles. The van der Waals surface area contributed by atoms with Gasteiger partial charge in [-0.05, 0) is 38.0 Å². The first-order chi connectivity index (χ1) is 8.50. The molecule has 0 aliphatic rings. The molecule has 0 radical (unpaired) electrons. The van der Waals surface area contributed by atoms with Crippen LogP contribution in [0, 0.1) is 13.8 Å². The Balaban J connectivity index is 2.48.